The summed E-state index contributed by atoms with van der Waals surface area (Å²) in [5, 5.41) is 11.2. The van der Waals surface area contributed by atoms with Crippen molar-refractivity contribution in [2.45, 2.75) is 12.3 Å². The van der Waals surface area contributed by atoms with E-state index in [9.17, 15) is 14.5 Å². The van der Waals surface area contributed by atoms with Gasteiger partial charge in [-0.1, -0.05) is 28.1 Å². The molecule has 0 spiro atoms. The van der Waals surface area contributed by atoms with E-state index in [4.69, 9.17) is 4.74 Å². The first-order valence-corrected chi connectivity index (χ1v) is 6.91. The van der Waals surface area contributed by atoms with Gasteiger partial charge in [0.15, 0.2) is 0 Å². The Hall–Kier alpha value is -1.95. The van der Waals surface area contributed by atoms with E-state index in [1.54, 1.807) is 25.1 Å². The molecule has 0 amide bonds. The monoisotopic (exact) mass is 339 g/mol. The van der Waals surface area contributed by atoms with Crippen molar-refractivity contribution in [1.82, 2.24) is 0 Å². The second-order valence-electron chi connectivity index (χ2n) is 4.18. The molecule has 104 valence electrons. The van der Waals surface area contributed by atoms with Gasteiger partial charge in [-0.15, -0.1) is 0 Å². The first-order valence-electron chi connectivity index (χ1n) is 5.79. The number of aryl methyl sites for hydroxylation is 1. The summed E-state index contributed by atoms with van der Waals surface area (Å²) in [7, 11) is 0. The van der Waals surface area contributed by atoms with Gasteiger partial charge < -0.3 is 4.74 Å². The smallest absolute Gasteiger partial charge is 0.311 e. The first kappa shape index (κ1) is 14.5. The predicted octanol–water partition coefficient (Wildman–Crippen LogP) is 4.73. The zero-order valence-electron chi connectivity index (χ0n) is 10.6. The van der Waals surface area contributed by atoms with Crippen LogP contribution in [0.15, 0.2) is 36.4 Å². The summed E-state index contributed by atoms with van der Waals surface area (Å²) in [4.78, 5) is 10.5. The van der Waals surface area contributed by atoms with Gasteiger partial charge in [-0.25, -0.2) is 4.39 Å². The molecule has 20 heavy (non-hydrogen) atoms. The highest BCUT2D eigenvalue weighted by Crippen LogP contribution is 2.35. The van der Waals surface area contributed by atoms with Gasteiger partial charge in [0, 0.05) is 17.0 Å². The molecule has 2 rings (SSSR count). The molecule has 0 N–H and O–H groups in total. The second kappa shape index (κ2) is 6.00. The van der Waals surface area contributed by atoms with Gasteiger partial charge in [-0.2, -0.15) is 0 Å². The molecule has 0 atom stereocenters. The molecule has 0 aliphatic heterocycles. The number of benzene rings is 2. The summed E-state index contributed by atoms with van der Waals surface area (Å²) in [5.74, 6) is -0.0620. The van der Waals surface area contributed by atoms with Crippen LogP contribution in [0.25, 0.3) is 0 Å². The zero-order valence-corrected chi connectivity index (χ0v) is 12.2. The molecule has 0 fully saturated rings. The fourth-order valence-corrected chi connectivity index (χ4v) is 2.28. The minimum atomic E-state index is -0.526. The fraction of sp³-hybridized carbons (Fsp3) is 0.143. The maximum atomic E-state index is 13.6. The van der Waals surface area contributed by atoms with Crippen LogP contribution < -0.4 is 4.74 Å². The third-order valence-electron chi connectivity index (χ3n) is 2.74. The molecule has 0 saturated carbocycles. The number of rotatable bonds is 4. The number of ether oxygens (including phenoxy) is 1. The van der Waals surface area contributed by atoms with E-state index >= 15 is 0 Å². The molecule has 6 heteroatoms. The maximum absolute atomic E-state index is 13.6. The second-order valence-corrected chi connectivity index (χ2v) is 4.74. The number of nitro benzene ring substituents is 1. The summed E-state index contributed by atoms with van der Waals surface area (Å²) in [6.45, 7) is 1.80. The van der Waals surface area contributed by atoms with Gasteiger partial charge in [0.25, 0.3) is 0 Å². The van der Waals surface area contributed by atoms with Crippen molar-refractivity contribution in [1.29, 1.82) is 0 Å². The van der Waals surface area contributed by atoms with Crippen LogP contribution in [0.2, 0.25) is 0 Å². The number of hydrogen-bond acceptors (Lipinski definition) is 3. The molecule has 0 heterocycles. The predicted molar refractivity (Wildman–Crippen MR) is 76.9 cm³/mol. The van der Waals surface area contributed by atoms with E-state index in [-0.39, 0.29) is 22.5 Å². The summed E-state index contributed by atoms with van der Waals surface area (Å²) in [6.07, 6.45) is 0. The van der Waals surface area contributed by atoms with Crippen molar-refractivity contribution in [2.75, 3.05) is 0 Å². The van der Waals surface area contributed by atoms with Crippen molar-refractivity contribution < 1.29 is 14.1 Å². The lowest BCUT2D eigenvalue weighted by Gasteiger charge is -2.11. The molecule has 0 aliphatic rings. The minimum Gasteiger partial charge on any atom is -0.450 e. The van der Waals surface area contributed by atoms with Crippen molar-refractivity contribution in [2.24, 2.45) is 0 Å². The molecule has 0 radical (unpaired) electrons. The summed E-state index contributed by atoms with van der Waals surface area (Å²) in [6, 6.07) is 8.94. The Morgan fingerprint density at radius 3 is 2.70 bits per heavy atom. The molecule has 2 aromatic carbocycles. The molecular formula is C14H11BrFNO3. The molecular weight excluding hydrogens is 329 g/mol. The molecule has 2 aromatic rings. The van der Waals surface area contributed by atoms with E-state index in [0.717, 1.165) is 5.56 Å². The lowest BCUT2D eigenvalue weighted by atomic mass is 10.2. The SMILES string of the molecule is Cc1ccc([N+](=O)[O-])c(Oc2cccc(F)c2CBr)c1. The van der Waals surface area contributed by atoms with Crippen LogP contribution in [0.5, 0.6) is 11.5 Å². The zero-order chi connectivity index (χ0) is 14.7. The quantitative estimate of drug-likeness (QED) is 0.459. The molecule has 0 unspecified atom stereocenters. The largest absolute Gasteiger partial charge is 0.450 e. The van der Waals surface area contributed by atoms with Crippen LogP contribution in [0, 0.1) is 22.9 Å². The Kier molecular flexibility index (Phi) is 4.34. The Morgan fingerprint density at radius 2 is 2.05 bits per heavy atom. The topological polar surface area (TPSA) is 52.4 Å². The molecule has 0 bridgehead atoms. The van der Waals surface area contributed by atoms with Gasteiger partial charge >= 0.3 is 5.69 Å². The van der Waals surface area contributed by atoms with E-state index < -0.39 is 10.7 Å². The molecule has 0 saturated heterocycles. The Balaban J connectivity index is 2.47. The van der Waals surface area contributed by atoms with Gasteiger partial charge in [-0.3, -0.25) is 10.1 Å². The van der Waals surface area contributed by atoms with E-state index in [1.807, 2.05) is 0 Å². The third kappa shape index (κ3) is 2.96. The Morgan fingerprint density at radius 1 is 1.30 bits per heavy atom. The first-order chi connectivity index (χ1) is 9.52. The van der Waals surface area contributed by atoms with Crippen LogP contribution >= 0.6 is 15.9 Å². The Bertz CT molecular complexity index is 661. The number of nitro groups is 1. The van der Waals surface area contributed by atoms with Crippen LogP contribution in [0.3, 0.4) is 0 Å². The van der Waals surface area contributed by atoms with Crippen molar-refractivity contribution in [3.8, 4) is 11.5 Å². The number of nitrogens with zero attached hydrogens (tertiary/aromatic N) is 1. The van der Waals surface area contributed by atoms with Crippen LogP contribution in [0.1, 0.15) is 11.1 Å². The normalized spacial score (nSPS) is 10.3. The fourth-order valence-electron chi connectivity index (χ4n) is 1.74. The summed E-state index contributed by atoms with van der Waals surface area (Å²) >= 11 is 3.18. The number of alkyl halides is 1. The van der Waals surface area contributed by atoms with Crippen molar-refractivity contribution in [3.63, 3.8) is 0 Å². The average Bonchev–Trinajstić information content (AvgIpc) is 2.38. The lowest BCUT2D eigenvalue weighted by molar-refractivity contribution is -0.385. The third-order valence-corrected chi connectivity index (χ3v) is 3.30. The maximum Gasteiger partial charge on any atom is 0.311 e. The highest BCUT2D eigenvalue weighted by atomic mass is 79.9. The van der Waals surface area contributed by atoms with Gasteiger partial charge in [0.1, 0.15) is 11.6 Å². The van der Waals surface area contributed by atoms with Crippen LogP contribution in [0.4, 0.5) is 10.1 Å². The Labute approximate surface area is 123 Å². The summed E-state index contributed by atoms with van der Waals surface area (Å²) in [5.41, 5.74) is 0.992. The van der Waals surface area contributed by atoms with Gasteiger partial charge in [-0.05, 0) is 30.7 Å². The van der Waals surface area contributed by atoms with Gasteiger partial charge in [0.05, 0.1) is 4.92 Å². The molecule has 0 aliphatic carbocycles. The average molecular weight is 340 g/mol. The minimum absolute atomic E-state index is 0.0998. The van der Waals surface area contributed by atoms with E-state index in [2.05, 4.69) is 15.9 Å². The van der Waals surface area contributed by atoms with Crippen LogP contribution in [-0.4, -0.2) is 4.92 Å². The molecule has 0 aromatic heterocycles. The standard InChI is InChI=1S/C14H11BrFNO3/c1-9-5-6-12(17(18)19)14(7-9)20-13-4-2-3-11(16)10(13)8-15/h2-7H,8H2,1H3. The number of halogens is 2. The van der Waals surface area contributed by atoms with Crippen molar-refractivity contribution in [3.05, 3.63) is 63.5 Å². The molecule has 4 nitrogen and oxygen atoms in total. The summed E-state index contributed by atoms with van der Waals surface area (Å²) < 4.78 is 19.2. The van der Waals surface area contributed by atoms with E-state index in [1.165, 1.54) is 18.2 Å². The van der Waals surface area contributed by atoms with Gasteiger partial charge in [0.2, 0.25) is 5.75 Å². The van der Waals surface area contributed by atoms with Crippen LogP contribution in [-0.2, 0) is 5.33 Å². The van der Waals surface area contributed by atoms with E-state index in [0.29, 0.717) is 5.56 Å². The number of hydrogen-bond donors (Lipinski definition) is 0. The highest BCUT2D eigenvalue weighted by molar-refractivity contribution is 9.08. The lowest BCUT2D eigenvalue weighted by Crippen LogP contribution is -1.97. The highest BCUT2D eigenvalue weighted by Gasteiger charge is 2.18. The van der Waals surface area contributed by atoms with Crippen molar-refractivity contribution >= 4 is 21.6 Å².